The molecule has 0 unspecified atom stereocenters. The SMILES string of the molecule is O=S(=O)(NCCCc1ccccc1)c1cc(CO)sc1Br. The quantitative estimate of drug-likeness (QED) is 0.715. The highest BCUT2D eigenvalue weighted by Gasteiger charge is 2.20. The van der Waals surface area contributed by atoms with E-state index in [1.165, 1.54) is 23.0 Å². The lowest BCUT2D eigenvalue weighted by atomic mass is 10.1. The van der Waals surface area contributed by atoms with E-state index in [0.29, 0.717) is 15.2 Å². The Hall–Kier alpha value is -0.730. The van der Waals surface area contributed by atoms with Crippen molar-refractivity contribution in [3.8, 4) is 0 Å². The summed E-state index contributed by atoms with van der Waals surface area (Å²) >= 11 is 4.45. The van der Waals surface area contributed by atoms with Gasteiger partial charge in [0.25, 0.3) is 0 Å². The Labute approximate surface area is 137 Å². The molecule has 2 rings (SSSR count). The van der Waals surface area contributed by atoms with Gasteiger partial charge in [0, 0.05) is 11.4 Å². The van der Waals surface area contributed by atoms with Crippen LogP contribution in [0.4, 0.5) is 0 Å². The molecular formula is C14H16BrNO3S2. The molecule has 0 amide bonds. The van der Waals surface area contributed by atoms with Crippen LogP contribution < -0.4 is 4.72 Å². The van der Waals surface area contributed by atoms with Crippen LogP contribution in [0.25, 0.3) is 0 Å². The zero-order chi connectivity index (χ0) is 15.3. The maximum absolute atomic E-state index is 12.2. The third-order valence-electron chi connectivity index (χ3n) is 2.93. The number of hydrogen-bond donors (Lipinski definition) is 2. The van der Waals surface area contributed by atoms with Crippen LogP contribution in [-0.4, -0.2) is 20.1 Å². The first-order chi connectivity index (χ1) is 10.0. The molecule has 1 aromatic heterocycles. The summed E-state index contributed by atoms with van der Waals surface area (Å²) in [6.07, 6.45) is 1.56. The van der Waals surface area contributed by atoms with E-state index in [1.807, 2.05) is 30.3 Å². The molecule has 1 heterocycles. The zero-order valence-corrected chi connectivity index (χ0v) is 14.5. The monoisotopic (exact) mass is 389 g/mol. The number of halogens is 1. The molecule has 0 radical (unpaired) electrons. The van der Waals surface area contributed by atoms with Crippen molar-refractivity contribution in [1.29, 1.82) is 0 Å². The predicted molar refractivity (Wildman–Crippen MR) is 87.9 cm³/mol. The van der Waals surface area contributed by atoms with Crippen molar-refractivity contribution < 1.29 is 13.5 Å². The number of benzene rings is 1. The van der Waals surface area contributed by atoms with Gasteiger partial charge < -0.3 is 5.11 Å². The smallest absolute Gasteiger partial charge is 0.242 e. The first kappa shape index (κ1) is 16.6. The van der Waals surface area contributed by atoms with Gasteiger partial charge in [-0.3, -0.25) is 0 Å². The molecule has 4 nitrogen and oxygen atoms in total. The minimum Gasteiger partial charge on any atom is -0.391 e. The number of aryl methyl sites for hydroxylation is 1. The fraction of sp³-hybridized carbons (Fsp3) is 0.286. The van der Waals surface area contributed by atoms with Crippen molar-refractivity contribution in [2.45, 2.75) is 24.3 Å². The third kappa shape index (κ3) is 4.62. The molecule has 0 aliphatic carbocycles. The Morgan fingerprint density at radius 2 is 1.95 bits per heavy atom. The van der Waals surface area contributed by atoms with E-state index in [0.717, 1.165) is 12.8 Å². The Morgan fingerprint density at radius 3 is 2.57 bits per heavy atom. The number of rotatable bonds is 7. The highest BCUT2D eigenvalue weighted by molar-refractivity contribution is 9.11. The summed E-state index contributed by atoms with van der Waals surface area (Å²) in [6.45, 7) is 0.223. The molecule has 0 saturated heterocycles. The second kappa shape index (κ2) is 7.51. The van der Waals surface area contributed by atoms with Gasteiger partial charge in [0.1, 0.15) is 4.90 Å². The van der Waals surface area contributed by atoms with E-state index < -0.39 is 10.0 Å². The average Bonchev–Trinajstić information content (AvgIpc) is 2.87. The van der Waals surface area contributed by atoms with Crippen LogP contribution in [0.2, 0.25) is 0 Å². The summed E-state index contributed by atoms with van der Waals surface area (Å²) in [5.41, 5.74) is 1.19. The maximum atomic E-state index is 12.2. The van der Waals surface area contributed by atoms with Crippen molar-refractivity contribution in [2.24, 2.45) is 0 Å². The number of nitrogens with one attached hydrogen (secondary N) is 1. The fourth-order valence-electron chi connectivity index (χ4n) is 1.88. The molecule has 0 aliphatic heterocycles. The molecular weight excluding hydrogens is 374 g/mol. The van der Waals surface area contributed by atoms with E-state index in [9.17, 15) is 8.42 Å². The summed E-state index contributed by atoms with van der Waals surface area (Å²) in [5.74, 6) is 0. The normalized spacial score (nSPS) is 11.7. The lowest BCUT2D eigenvalue weighted by molar-refractivity contribution is 0.285. The average molecular weight is 390 g/mol. The molecule has 2 aromatic rings. The molecule has 21 heavy (non-hydrogen) atoms. The van der Waals surface area contributed by atoms with Crippen LogP contribution in [0.15, 0.2) is 45.1 Å². The lowest BCUT2D eigenvalue weighted by Crippen LogP contribution is -2.25. The van der Waals surface area contributed by atoms with Crippen LogP contribution in [0.3, 0.4) is 0 Å². The summed E-state index contributed by atoms with van der Waals surface area (Å²) < 4.78 is 27.5. The van der Waals surface area contributed by atoms with Crippen LogP contribution in [0.1, 0.15) is 16.9 Å². The summed E-state index contributed by atoms with van der Waals surface area (Å²) in [4.78, 5) is 0.808. The minimum atomic E-state index is -3.53. The highest BCUT2D eigenvalue weighted by atomic mass is 79.9. The van der Waals surface area contributed by atoms with Crippen LogP contribution >= 0.6 is 27.3 Å². The maximum Gasteiger partial charge on any atom is 0.242 e. The van der Waals surface area contributed by atoms with E-state index in [-0.39, 0.29) is 11.5 Å². The molecule has 7 heteroatoms. The van der Waals surface area contributed by atoms with Crippen molar-refractivity contribution in [2.75, 3.05) is 6.54 Å². The minimum absolute atomic E-state index is 0.160. The number of aliphatic hydroxyl groups excluding tert-OH is 1. The van der Waals surface area contributed by atoms with Crippen LogP contribution in [0, 0.1) is 0 Å². The Bertz CT molecular complexity index is 683. The summed E-state index contributed by atoms with van der Waals surface area (Å²) in [6, 6.07) is 11.4. The van der Waals surface area contributed by atoms with Crippen LogP contribution in [0.5, 0.6) is 0 Å². The molecule has 0 saturated carbocycles. The van der Waals surface area contributed by atoms with Gasteiger partial charge in [-0.25, -0.2) is 13.1 Å². The second-order valence-electron chi connectivity index (χ2n) is 4.50. The molecule has 114 valence electrons. The largest absolute Gasteiger partial charge is 0.391 e. The van der Waals surface area contributed by atoms with Gasteiger partial charge in [-0.1, -0.05) is 30.3 Å². The number of sulfonamides is 1. The molecule has 0 fully saturated rings. The first-order valence-corrected chi connectivity index (χ1v) is 9.55. The highest BCUT2D eigenvalue weighted by Crippen LogP contribution is 2.31. The number of hydrogen-bond acceptors (Lipinski definition) is 4. The topological polar surface area (TPSA) is 66.4 Å². The molecule has 0 aliphatic rings. The number of aliphatic hydroxyl groups is 1. The standard InChI is InChI=1S/C14H16BrNO3S2/c15-14-13(9-12(10-17)20-14)21(18,19)16-8-4-7-11-5-2-1-3-6-11/h1-3,5-6,9,16-17H,4,7-8,10H2. The van der Waals surface area contributed by atoms with E-state index in [4.69, 9.17) is 5.11 Å². The fourth-order valence-corrected chi connectivity index (χ4v) is 5.49. The van der Waals surface area contributed by atoms with E-state index >= 15 is 0 Å². The van der Waals surface area contributed by atoms with Crippen molar-refractivity contribution in [3.05, 3.63) is 50.6 Å². The summed E-state index contributed by atoms with van der Waals surface area (Å²) in [7, 11) is -3.53. The second-order valence-corrected chi connectivity index (χ2v) is 8.69. The number of thiophene rings is 1. The molecule has 0 atom stereocenters. The summed E-state index contributed by atoms with van der Waals surface area (Å²) in [5, 5.41) is 9.06. The molecule has 0 spiro atoms. The predicted octanol–water partition coefficient (Wildman–Crippen LogP) is 2.91. The first-order valence-electron chi connectivity index (χ1n) is 6.45. The van der Waals surface area contributed by atoms with Crippen molar-refractivity contribution >= 4 is 37.3 Å². The van der Waals surface area contributed by atoms with Gasteiger partial charge in [0.15, 0.2) is 0 Å². The van der Waals surface area contributed by atoms with E-state index in [2.05, 4.69) is 20.7 Å². The Morgan fingerprint density at radius 1 is 1.24 bits per heavy atom. The Balaban J connectivity index is 1.91. The van der Waals surface area contributed by atoms with Crippen LogP contribution in [-0.2, 0) is 23.1 Å². The van der Waals surface area contributed by atoms with Crippen molar-refractivity contribution in [1.82, 2.24) is 4.72 Å². The third-order valence-corrected chi connectivity index (χ3v) is 6.63. The van der Waals surface area contributed by atoms with Crippen molar-refractivity contribution in [3.63, 3.8) is 0 Å². The van der Waals surface area contributed by atoms with Gasteiger partial charge >= 0.3 is 0 Å². The van der Waals surface area contributed by atoms with E-state index in [1.54, 1.807) is 0 Å². The molecule has 0 bridgehead atoms. The van der Waals surface area contributed by atoms with Gasteiger partial charge in [-0.15, -0.1) is 11.3 Å². The zero-order valence-electron chi connectivity index (χ0n) is 11.3. The van der Waals surface area contributed by atoms with Gasteiger partial charge in [0.05, 0.1) is 10.4 Å². The van der Waals surface area contributed by atoms with Gasteiger partial charge in [-0.05, 0) is 40.4 Å². The van der Waals surface area contributed by atoms with Gasteiger partial charge in [-0.2, -0.15) is 0 Å². The lowest BCUT2D eigenvalue weighted by Gasteiger charge is -2.06. The Kier molecular flexibility index (Phi) is 5.95. The molecule has 1 aromatic carbocycles. The van der Waals surface area contributed by atoms with Gasteiger partial charge in [0.2, 0.25) is 10.0 Å². The molecule has 2 N–H and O–H groups in total.